The molecule has 0 aliphatic rings. The number of benzene rings is 2. The van der Waals surface area contributed by atoms with Crippen molar-refractivity contribution in [2.24, 2.45) is 0 Å². The maximum atomic E-state index is 13.2. The summed E-state index contributed by atoms with van der Waals surface area (Å²) in [7, 11) is 1.60. The highest BCUT2D eigenvalue weighted by atomic mass is 32.1. The zero-order chi connectivity index (χ0) is 20.7. The summed E-state index contributed by atoms with van der Waals surface area (Å²) in [5.41, 5.74) is 1.80. The number of hydrogen-bond donors (Lipinski definition) is 1. The molecule has 0 atom stereocenters. The number of methoxy groups -OCH3 is 1. The third-order valence-corrected chi connectivity index (χ3v) is 5.53. The molecule has 2 aromatic carbocycles. The monoisotopic (exact) mass is 417 g/mol. The van der Waals surface area contributed by atoms with E-state index >= 15 is 0 Å². The molecule has 1 N–H and O–H groups in total. The fourth-order valence-corrected chi connectivity index (χ4v) is 4.13. The van der Waals surface area contributed by atoms with Crippen LogP contribution in [0.1, 0.15) is 10.5 Å². The third-order valence-electron chi connectivity index (χ3n) is 4.59. The zero-order valence-corrected chi connectivity index (χ0v) is 16.6. The standard InChI is InChI=1S/C21H15N5O3S/c1-29-14-7-8-15-17(11-14)30-21(23-15)24-20(28)16-12-18-22-10-9-19(27)26(18)25(16)13-5-3-2-4-6-13/h2-12H,1H3,(H,23,24,28). The van der Waals surface area contributed by atoms with Crippen molar-refractivity contribution in [2.45, 2.75) is 0 Å². The van der Waals surface area contributed by atoms with Gasteiger partial charge in [0, 0.05) is 18.3 Å². The van der Waals surface area contributed by atoms with Crippen LogP contribution in [-0.2, 0) is 0 Å². The van der Waals surface area contributed by atoms with Crippen LogP contribution in [0.4, 0.5) is 5.13 Å². The number of anilines is 1. The van der Waals surface area contributed by atoms with Gasteiger partial charge in [0.15, 0.2) is 10.8 Å². The van der Waals surface area contributed by atoms with Crippen LogP contribution in [0.15, 0.2) is 71.7 Å². The summed E-state index contributed by atoms with van der Waals surface area (Å²) in [5.74, 6) is 0.327. The molecule has 3 aromatic heterocycles. The van der Waals surface area contributed by atoms with E-state index in [1.54, 1.807) is 17.9 Å². The van der Waals surface area contributed by atoms with Crippen molar-refractivity contribution in [3.05, 3.63) is 82.9 Å². The Bertz CT molecular complexity index is 1450. The van der Waals surface area contributed by atoms with Gasteiger partial charge >= 0.3 is 0 Å². The Morgan fingerprint density at radius 3 is 2.73 bits per heavy atom. The number of rotatable bonds is 4. The van der Waals surface area contributed by atoms with E-state index in [2.05, 4.69) is 15.3 Å². The largest absolute Gasteiger partial charge is 0.497 e. The molecule has 5 rings (SSSR count). The molecule has 148 valence electrons. The number of para-hydroxylation sites is 1. The van der Waals surface area contributed by atoms with Crippen LogP contribution in [0.2, 0.25) is 0 Å². The molecule has 0 aliphatic carbocycles. The van der Waals surface area contributed by atoms with Gasteiger partial charge in [0.05, 0.1) is 23.0 Å². The Hall–Kier alpha value is -3.98. The van der Waals surface area contributed by atoms with Gasteiger partial charge in [-0.2, -0.15) is 4.52 Å². The number of amides is 1. The van der Waals surface area contributed by atoms with E-state index in [-0.39, 0.29) is 11.3 Å². The Labute approximate surface area is 174 Å². The minimum Gasteiger partial charge on any atom is -0.497 e. The summed E-state index contributed by atoms with van der Waals surface area (Å²) in [6.45, 7) is 0. The molecular formula is C21H15N5O3S. The van der Waals surface area contributed by atoms with Crippen LogP contribution in [0, 0.1) is 0 Å². The predicted octanol–water partition coefficient (Wildman–Crippen LogP) is 3.36. The van der Waals surface area contributed by atoms with Crippen molar-refractivity contribution in [3.63, 3.8) is 0 Å². The molecule has 30 heavy (non-hydrogen) atoms. The van der Waals surface area contributed by atoms with Gasteiger partial charge in [0.25, 0.3) is 11.5 Å². The SMILES string of the molecule is COc1ccc2nc(NC(=O)c3cc4nccc(=O)n4n3-c3ccccc3)sc2c1. The number of ether oxygens (including phenoxy) is 1. The minimum atomic E-state index is -0.394. The maximum absolute atomic E-state index is 13.2. The van der Waals surface area contributed by atoms with Crippen molar-refractivity contribution in [2.75, 3.05) is 12.4 Å². The summed E-state index contributed by atoms with van der Waals surface area (Å²) in [5, 5.41) is 3.29. The average molecular weight is 417 g/mol. The lowest BCUT2D eigenvalue weighted by atomic mass is 10.3. The molecule has 1 amide bonds. The second-order valence-electron chi connectivity index (χ2n) is 6.44. The van der Waals surface area contributed by atoms with E-state index in [0.717, 1.165) is 16.0 Å². The number of carbonyl (C=O) groups excluding carboxylic acids is 1. The molecule has 9 heteroatoms. The van der Waals surface area contributed by atoms with Crippen LogP contribution in [0.3, 0.4) is 0 Å². The summed E-state index contributed by atoms with van der Waals surface area (Å²) >= 11 is 1.35. The molecule has 0 aliphatic heterocycles. The van der Waals surface area contributed by atoms with Gasteiger partial charge in [0.1, 0.15) is 11.4 Å². The fourth-order valence-electron chi connectivity index (χ4n) is 3.24. The number of nitrogens with zero attached hydrogens (tertiary/aromatic N) is 4. The number of hydrogen-bond acceptors (Lipinski definition) is 6. The van der Waals surface area contributed by atoms with Gasteiger partial charge in [0.2, 0.25) is 0 Å². The van der Waals surface area contributed by atoms with Crippen molar-refractivity contribution in [3.8, 4) is 11.4 Å². The first-order chi connectivity index (χ1) is 14.6. The van der Waals surface area contributed by atoms with Gasteiger partial charge in [-0.1, -0.05) is 29.5 Å². The van der Waals surface area contributed by atoms with Crippen molar-refractivity contribution in [1.82, 2.24) is 19.2 Å². The van der Waals surface area contributed by atoms with E-state index in [9.17, 15) is 9.59 Å². The molecule has 0 saturated heterocycles. The lowest BCUT2D eigenvalue weighted by Crippen LogP contribution is -2.23. The number of aromatic nitrogens is 4. The Morgan fingerprint density at radius 1 is 1.10 bits per heavy atom. The van der Waals surface area contributed by atoms with E-state index in [1.807, 2.05) is 48.5 Å². The summed E-state index contributed by atoms with van der Waals surface area (Å²) < 4.78 is 9.06. The summed E-state index contributed by atoms with van der Waals surface area (Å²) in [6.07, 6.45) is 1.43. The summed E-state index contributed by atoms with van der Waals surface area (Å²) in [4.78, 5) is 34.3. The topological polar surface area (TPSA) is 90.5 Å². The smallest absolute Gasteiger partial charge is 0.276 e. The van der Waals surface area contributed by atoms with Gasteiger partial charge < -0.3 is 4.74 Å². The average Bonchev–Trinajstić information content (AvgIpc) is 3.35. The first-order valence-corrected chi connectivity index (χ1v) is 9.87. The zero-order valence-electron chi connectivity index (χ0n) is 15.8. The highest BCUT2D eigenvalue weighted by Gasteiger charge is 2.20. The molecule has 3 heterocycles. The van der Waals surface area contributed by atoms with E-state index in [4.69, 9.17) is 4.74 Å². The number of carbonyl (C=O) groups is 1. The van der Waals surface area contributed by atoms with Crippen molar-refractivity contribution >= 4 is 38.2 Å². The normalized spacial score (nSPS) is 11.1. The molecule has 0 bridgehead atoms. The predicted molar refractivity (Wildman–Crippen MR) is 115 cm³/mol. The van der Waals surface area contributed by atoms with Crippen molar-refractivity contribution < 1.29 is 9.53 Å². The lowest BCUT2D eigenvalue weighted by molar-refractivity contribution is 0.101. The molecule has 0 radical (unpaired) electrons. The second kappa shape index (κ2) is 7.12. The van der Waals surface area contributed by atoms with Gasteiger partial charge in [-0.05, 0) is 30.3 Å². The first-order valence-electron chi connectivity index (χ1n) is 9.05. The molecule has 0 spiro atoms. The maximum Gasteiger partial charge on any atom is 0.276 e. The quantitative estimate of drug-likeness (QED) is 0.484. The number of nitrogens with one attached hydrogen (secondary N) is 1. The number of thiazole rings is 1. The third kappa shape index (κ3) is 3.01. The van der Waals surface area contributed by atoms with E-state index in [1.165, 1.54) is 28.1 Å². The first kappa shape index (κ1) is 18.1. The van der Waals surface area contributed by atoms with Crippen LogP contribution in [0.5, 0.6) is 5.75 Å². The highest BCUT2D eigenvalue weighted by Crippen LogP contribution is 2.29. The van der Waals surface area contributed by atoms with Crippen LogP contribution in [0.25, 0.3) is 21.6 Å². The molecule has 5 aromatic rings. The van der Waals surface area contributed by atoms with Crippen LogP contribution < -0.4 is 15.6 Å². The fraction of sp³-hybridized carbons (Fsp3) is 0.0476. The van der Waals surface area contributed by atoms with E-state index < -0.39 is 5.91 Å². The number of fused-ring (bicyclic) bond motifs is 2. The van der Waals surface area contributed by atoms with Crippen LogP contribution in [-0.4, -0.2) is 32.2 Å². The molecule has 0 saturated carbocycles. The highest BCUT2D eigenvalue weighted by molar-refractivity contribution is 7.22. The Morgan fingerprint density at radius 2 is 1.93 bits per heavy atom. The molecule has 0 unspecified atom stereocenters. The van der Waals surface area contributed by atoms with Gasteiger partial charge in [-0.3, -0.25) is 14.9 Å². The molecule has 8 nitrogen and oxygen atoms in total. The van der Waals surface area contributed by atoms with E-state index in [0.29, 0.717) is 16.5 Å². The minimum absolute atomic E-state index is 0.272. The lowest BCUT2D eigenvalue weighted by Gasteiger charge is -2.10. The van der Waals surface area contributed by atoms with Crippen molar-refractivity contribution in [1.29, 1.82) is 0 Å². The Kier molecular flexibility index (Phi) is 4.29. The summed E-state index contributed by atoms with van der Waals surface area (Å²) in [6, 6.07) is 17.6. The van der Waals surface area contributed by atoms with Gasteiger partial charge in [-0.15, -0.1) is 0 Å². The van der Waals surface area contributed by atoms with Crippen LogP contribution >= 0.6 is 11.3 Å². The van der Waals surface area contributed by atoms with Gasteiger partial charge in [-0.25, -0.2) is 14.6 Å². The Balaban J connectivity index is 1.60. The molecule has 0 fully saturated rings. The molecular weight excluding hydrogens is 402 g/mol. The second-order valence-corrected chi connectivity index (χ2v) is 7.47.